The molecule has 10 nitrogen and oxygen atoms in total. The summed E-state index contributed by atoms with van der Waals surface area (Å²) in [6.07, 6.45) is -4.02. The van der Waals surface area contributed by atoms with Crippen LogP contribution in [0.15, 0.2) is 60.8 Å². The molecule has 2 aliphatic rings. The van der Waals surface area contributed by atoms with Crippen molar-refractivity contribution in [3.63, 3.8) is 0 Å². The van der Waals surface area contributed by atoms with Gasteiger partial charge < -0.3 is 21.1 Å². The Hall–Kier alpha value is -3.79. The zero-order valence-electron chi connectivity index (χ0n) is 24.8. The Bertz CT molecular complexity index is 1730. The lowest BCUT2D eigenvalue weighted by Crippen LogP contribution is -2.57. The molecule has 4 N–H and O–H groups in total. The first-order chi connectivity index (χ1) is 22.2. The lowest BCUT2D eigenvalue weighted by Gasteiger charge is -2.37. The van der Waals surface area contributed by atoms with E-state index in [1.807, 2.05) is 0 Å². The standard InChI is InChI=1S/C31H32ClF4N5O5S/c32-20-8-6-18(7-9-20)27(19-12-13-37-26(15-19)31(34,35)36)28(40-30(43)44)29(42)39-25-5-1-4-24(33)23(25)11-10-22-16-38-21-3-2-14-47(45,46)41(22)17-21/h1,4-9,12-13,15,21-22,27-28,38,40H,2-3,10-11,14,16-17H2,(H,39,42)(H,43,44). The van der Waals surface area contributed by atoms with Gasteiger partial charge in [0.15, 0.2) is 0 Å². The number of hydrogen-bond acceptors (Lipinski definition) is 6. The van der Waals surface area contributed by atoms with Crippen LogP contribution in [0.4, 0.5) is 28.0 Å². The number of carbonyl (C=O) groups excluding carboxylic acids is 1. The Kier molecular flexibility index (Phi) is 10.4. The molecule has 3 heterocycles. The van der Waals surface area contributed by atoms with E-state index in [2.05, 4.69) is 20.9 Å². The van der Waals surface area contributed by atoms with Gasteiger partial charge in [0.1, 0.15) is 17.6 Å². The van der Waals surface area contributed by atoms with Crippen molar-refractivity contribution < 1.29 is 40.7 Å². The molecule has 3 aromatic rings. The van der Waals surface area contributed by atoms with Gasteiger partial charge in [-0.15, -0.1) is 0 Å². The van der Waals surface area contributed by atoms with Crippen molar-refractivity contribution in [2.75, 3.05) is 24.2 Å². The van der Waals surface area contributed by atoms with Gasteiger partial charge >= 0.3 is 12.3 Å². The minimum Gasteiger partial charge on any atom is -0.465 e. The zero-order valence-corrected chi connectivity index (χ0v) is 26.4. The van der Waals surface area contributed by atoms with Gasteiger partial charge in [0.05, 0.1) is 5.75 Å². The average molecular weight is 698 g/mol. The highest BCUT2D eigenvalue weighted by atomic mass is 35.5. The molecule has 252 valence electrons. The first kappa shape index (κ1) is 34.5. The highest BCUT2D eigenvalue weighted by Gasteiger charge is 2.39. The maximum absolute atomic E-state index is 15.3. The number of benzene rings is 2. The van der Waals surface area contributed by atoms with E-state index in [1.54, 1.807) is 0 Å². The Labute approximate surface area is 273 Å². The van der Waals surface area contributed by atoms with Crippen LogP contribution in [0.1, 0.15) is 47.6 Å². The average Bonchev–Trinajstić information content (AvgIpc) is 3.12. The van der Waals surface area contributed by atoms with E-state index >= 15 is 4.39 Å². The third kappa shape index (κ3) is 8.20. The van der Waals surface area contributed by atoms with Gasteiger partial charge in [-0.25, -0.2) is 17.6 Å². The number of alkyl halides is 3. The van der Waals surface area contributed by atoms with Crippen LogP contribution >= 0.6 is 11.6 Å². The first-order valence-electron chi connectivity index (χ1n) is 14.8. The number of carbonyl (C=O) groups is 2. The summed E-state index contributed by atoms with van der Waals surface area (Å²) < 4.78 is 83.4. The van der Waals surface area contributed by atoms with E-state index < -0.39 is 57.7 Å². The number of nitrogens with one attached hydrogen (secondary N) is 3. The largest absolute Gasteiger partial charge is 0.465 e. The summed E-state index contributed by atoms with van der Waals surface area (Å²) in [5.74, 6) is -2.91. The number of sulfonamides is 1. The van der Waals surface area contributed by atoms with Crippen molar-refractivity contribution >= 4 is 39.3 Å². The highest BCUT2D eigenvalue weighted by Crippen LogP contribution is 2.35. The molecule has 2 aromatic carbocycles. The molecule has 2 aliphatic heterocycles. The third-order valence-corrected chi connectivity index (χ3v) is 10.6. The predicted octanol–water partition coefficient (Wildman–Crippen LogP) is 5.00. The summed E-state index contributed by atoms with van der Waals surface area (Å²) in [5, 5.41) is 18.1. The molecule has 0 saturated carbocycles. The topological polar surface area (TPSA) is 141 Å². The molecule has 2 bridgehead atoms. The van der Waals surface area contributed by atoms with Crippen LogP contribution in [0.25, 0.3) is 0 Å². The summed E-state index contributed by atoms with van der Waals surface area (Å²) in [4.78, 5) is 29.2. The van der Waals surface area contributed by atoms with Gasteiger partial charge in [0, 0.05) is 53.6 Å². The van der Waals surface area contributed by atoms with Gasteiger partial charge in [-0.05, 0) is 73.2 Å². The molecule has 47 heavy (non-hydrogen) atoms. The summed E-state index contributed by atoms with van der Waals surface area (Å²) in [6, 6.07) is 9.60. The number of carboxylic acid groups (broad SMARTS) is 1. The van der Waals surface area contributed by atoms with Gasteiger partial charge in [0.2, 0.25) is 15.9 Å². The Balaban J connectivity index is 1.46. The molecular formula is C31H32ClF4N5O5S. The van der Waals surface area contributed by atoms with Crippen LogP contribution in [0.3, 0.4) is 0 Å². The minimum absolute atomic E-state index is 0.00752. The first-order valence-corrected chi connectivity index (χ1v) is 16.8. The summed E-state index contributed by atoms with van der Waals surface area (Å²) >= 11 is 6.03. The van der Waals surface area contributed by atoms with Gasteiger partial charge in [-0.1, -0.05) is 29.8 Å². The summed E-state index contributed by atoms with van der Waals surface area (Å²) in [5.41, 5.74) is -0.969. The second-order valence-electron chi connectivity index (χ2n) is 11.5. The highest BCUT2D eigenvalue weighted by molar-refractivity contribution is 7.89. The number of amides is 2. The fraction of sp³-hybridized carbons (Fsp3) is 0.387. The smallest absolute Gasteiger partial charge is 0.433 e. The van der Waals surface area contributed by atoms with E-state index in [0.29, 0.717) is 24.5 Å². The number of aromatic nitrogens is 1. The van der Waals surface area contributed by atoms with E-state index in [-0.39, 0.29) is 47.0 Å². The van der Waals surface area contributed by atoms with Gasteiger partial charge in [0.25, 0.3) is 0 Å². The lowest BCUT2D eigenvalue weighted by atomic mass is 9.84. The molecule has 16 heteroatoms. The van der Waals surface area contributed by atoms with Crippen LogP contribution in [0.2, 0.25) is 5.02 Å². The normalized spacial score (nSPS) is 22.0. The van der Waals surface area contributed by atoms with Crippen LogP contribution in [-0.2, 0) is 27.4 Å². The van der Waals surface area contributed by atoms with Crippen molar-refractivity contribution in [1.29, 1.82) is 0 Å². The quantitative estimate of drug-likeness (QED) is 0.231. The predicted molar refractivity (Wildman–Crippen MR) is 166 cm³/mol. The fourth-order valence-corrected chi connectivity index (χ4v) is 8.11. The number of nitrogens with zero attached hydrogens (tertiary/aromatic N) is 2. The number of hydrogen-bond donors (Lipinski definition) is 4. The molecule has 5 unspecified atom stereocenters. The fourth-order valence-electron chi connectivity index (χ4n) is 6.17. The van der Waals surface area contributed by atoms with Crippen molar-refractivity contribution in [1.82, 2.24) is 19.9 Å². The molecule has 2 fully saturated rings. The number of rotatable bonds is 9. The SMILES string of the molecule is O=C(O)NC(C(=O)Nc1cccc(F)c1CCC1CNC2CCCS(=O)(=O)N1C2)C(c1ccc(Cl)cc1)c1ccnc(C(F)(F)F)c1. The summed E-state index contributed by atoms with van der Waals surface area (Å²) in [6.45, 7) is 0.687. The monoisotopic (exact) mass is 697 g/mol. The molecule has 5 rings (SSSR count). The Morgan fingerprint density at radius 1 is 1.13 bits per heavy atom. The molecule has 2 saturated heterocycles. The molecule has 1 aromatic heterocycles. The van der Waals surface area contributed by atoms with E-state index in [4.69, 9.17) is 11.6 Å². The maximum atomic E-state index is 15.3. The number of anilines is 1. The Morgan fingerprint density at radius 2 is 1.87 bits per heavy atom. The number of fused-ring (bicyclic) bond motifs is 2. The third-order valence-electron chi connectivity index (χ3n) is 8.42. The van der Waals surface area contributed by atoms with Crippen molar-refractivity contribution in [2.24, 2.45) is 0 Å². The van der Waals surface area contributed by atoms with Crippen LogP contribution in [-0.4, -0.2) is 71.8 Å². The molecule has 0 spiro atoms. The minimum atomic E-state index is -4.82. The Morgan fingerprint density at radius 3 is 2.57 bits per heavy atom. The maximum Gasteiger partial charge on any atom is 0.433 e. The molecular weight excluding hydrogens is 666 g/mol. The molecule has 0 radical (unpaired) electrons. The van der Waals surface area contributed by atoms with Gasteiger partial charge in [-0.3, -0.25) is 9.78 Å². The van der Waals surface area contributed by atoms with Crippen LogP contribution < -0.4 is 16.0 Å². The molecule has 0 aliphatic carbocycles. The number of pyridine rings is 1. The lowest BCUT2D eigenvalue weighted by molar-refractivity contribution is -0.141. The molecule has 5 atom stereocenters. The van der Waals surface area contributed by atoms with E-state index in [0.717, 1.165) is 18.7 Å². The van der Waals surface area contributed by atoms with E-state index in [9.17, 15) is 36.3 Å². The zero-order chi connectivity index (χ0) is 33.9. The second-order valence-corrected chi connectivity index (χ2v) is 14.0. The van der Waals surface area contributed by atoms with Crippen molar-refractivity contribution in [2.45, 2.75) is 55.9 Å². The number of piperazine rings is 1. The second kappa shape index (κ2) is 14.1. The van der Waals surface area contributed by atoms with Crippen LogP contribution in [0, 0.1) is 5.82 Å². The van der Waals surface area contributed by atoms with Crippen molar-refractivity contribution in [3.8, 4) is 0 Å². The van der Waals surface area contributed by atoms with Gasteiger partial charge in [-0.2, -0.15) is 17.5 Å². The van der Waals surface area contributed by atoms with Crippen molar-refractivity contribution in [3.05, 3.63) is 94.0 Å². The molecule has 2 amide bonds. The summed E-state index contributed by atoms with van der Waals surface area (Å²) in [7, 11) is -3.50. The van der Waals surface area contributed by atoms with Crippen LogP contribution in [0.5, 0.6) is 0 Å². The van der Waals surface area contributed by atoms with E-state index in [1.165, 1.54) is 52.8 Å². The number of halogens is 5.